The molecule has 0 bridgehead atoms. The van der Waals surface area contributed by atoms with E-state index in [1.807, 2.05) is 39.0 Å². The number of aliphatic carboxylic acids is 1. The Morgan fingerprint density at radius 2 is 1.83 bits per heavy atom. The van der Waals surface area contributed by atoms with Crippen LogP contribution in [0.5, 0.6) is 0 Å². The van der Waals surface area contributed by atoms with Crippen molar-refractivity contribution in [3.63, 3.8) is 0 Å². The van der Waals surface area contributed by atoms with Crippen LogP contribution in [0.4, 0.5) is 0 Å². The van der Waals surface area contributed by atoms with Crippen molar-refractivity contribution in [2.75, 3.05) is 7.05 Å². The Bertz CT molecular complexity index is 1030. The average molecular weight is 395 g/mol. The first kappa shape index (κ1) is 20.4. The van der Waals surface area contributed by atoms with E-state index in [0.29, 0.717) is 18.5 Å². The molecule has 0 aliphatic rings. The fourth-order valence-electron chi connectivity index (χ4n) is 3.39. The van der Waals surface area contributed by atoms with Crippen LogP contribution in [-0.4, -0.2) is 38.7 Å². The summed E-state index contributed by atoms with van der Waals surface area (Å²) in [5.41, 5.74) is 5.08. The molecular weight excluding hydrogens is 370 g/mol. The van der Waals surface area contributed by atoms with E-state index in [2.05, 4.69) is 5.10 Å². The third-order valence-corrected chi connectivity index (χ3v) is 5.11. The number of aromatic nitrogens is 2. The largest absolute Gasteiger partial charge is 0.481 e. The maximum absolute atomic E-state index is 12.7. The molecule has 3 aromatic rings. The number of carbonyl (C=O) groups excluding carboxylic acids is 1. The number of carbonyl (C=O) groups is 2. The number of furan rings is 1. The SMILES string of the molecule is Cc1nn(-c2ccc(C(=O)N(C)Cc3ccoc3C)cc2)c(C)c1CCC(=O)O. The van der Waals surface area contributed by atoms with Crippen LogP contribution in [0.2, 0.25) is 0 Å². The first-order chi connectivity index (χ1) is 13.8. The highest BCUT2D eigenvalue weighted by Crippen LogP contribution is 2.20. The Hall–Kier alpha value is -3.35. The lowest BCUT2D eigenvalue weighted by Gasteiger charge is -2.17. The van der Waals surface area contributed by atoms with Gasteiger partial charge in [0.05, 0.1) is 17.6 Å². The Balaban J connectivity index is 1.76. The minimum Gasteiger partial charge on any atom is -0.481 e. The van der Waals surface area contributed by atoms with Crippen molar-refractivity contribution in [1.82, 2.24) is 14.7 Å². The van der Waals surface area contributed by atoms with Crippen molar-refractivity contribution in [2.24, 2.45) is 0 Å². The number of rotatable bonds is 7. The van der Waals surface area contributed by atoms with Gasteiger partial charge in [-0.05, 0) is 63.1 Å². The van der Waals surface area contributed by atoms with Crippen molar-refractivity contribution in [1.29, 1.82) is 0 Å². The average Bonchev–Trinajstić information content (AvgIpc) is 3.22. The third kappa shape index (κ3) is 4.39. The van der Waals surface area contributed by atoms with Crippen molar-refractivity contribution < 1.29 is 19.1 Å². The maximum Gasteiger partial charge on any atom is 0.303 e. The van der Waals surface area contributed by atoms with Gasteiger partial charge in [-0.2, -0.15) is 5.10 Å². The van der Waals surface area contributed by atoms with E-state index in [1.54, 1.807) is 35.0 Å². The molecule has 7 heteroatoms. The zero-order valence-corrected chi connectivity index (χ0v) is 17.1. The molecular formula is C22H25N3O4. The van der Waals surface area contributed by atoms with E-state index < -0.39 is 5.97 Å². The molecule has 2 heterocycles. The van der Waals surface area contributed by atoms with Gasteiger partial charge < -0.3 is 14.4 Å². The molecule has 1 N–H and O–H groups in total. The highest BCUT2D eigenvalue weighted by atomic mass is 16.4. The highest BCUT2D eigenvalue weighted by Gasteiger charge is 2.16. The van der Waals surface area contributed by atoms with Gasteiger partial charge >= 0.3 is 5.97 Å². The minimum atomic E-state index is -0.825. The summed E-state index contributed by atoms with van der Waals surface area (Å²) < 4.78 is 7.08. The van der Waals surface area contributed by atoms with Crippen molar-refractivity contribution in [3.8, 4) is 5.69 Å². The first-order valence-electron chi connectivity index (χ1n) is 9.43. The van der Waals surface area contributed by atoms with E-state index in [1.165, 1.54) is 0 Å². The van der Waals surface area contributed by atoms with Gasteiger partial charge in [0.2, 0.25) is 0 Å². The third-order valence-electron chi connectivity index (χ3n) is 5.11. The van der Waals surface area contributed by atoms with Crippen LogP contribution >= 0.6 is 0 Å². The second kappa shape index (κ2) is 8.34. The molecule has 0 atom stereocenters. The molecule has 2 aromatic heterocycles. The summed E-state index contributed by atoms with van der Waals surface area (Å²) >= 11 is 0. The second-order valence-corrected chi connectivity index (χ2v) is 7.17. The quantitative estimate of drug-likeness (QED) is 0.659. The molecule has 0 unspecified atom stereocenters. The van der Waals surface area contributed by atoms with Crippen LogP contribution in [0.25, 0.3) is 5.69 Å². The van der Waals surface area contributed by atoms with E-state index >= 15 is 0 Å². The number of nitrogens with zero attached hydrogens (tertiary/aromatic N) is 3. The monoisotopic (exact) mass is 395 g/mol. The smallest absolute Gasteiger partial charge is 0.303 e. The van der Waals surface area contributed by atoms with E-state index in [4.69, 9.17) is 9.52 Å². The standard InChI is InChI=1S/C22H25N3O4/c1-14-20(9-10-21(26)27)15(2)25(23-14)19-7-5-17(6-8-19)22(28)24(4)13-18-11-12-29-16(18)3/h5-8,11-12H,9-10,13H2,1-4H3,(H,26,27). The van der Waals surface area contributed by atoms with E-state index in [-0.39, 0.29) is 12.3 Å². The lowest BCUT2D eigenvalue weighted by molar-refractivity contribution is -0.136. The molecule has 0 radical (unpaired) electrons. The lowest BCUT2D eigenvalue weighted by atomic mass is 10.1. The molecule has 3 rings (SSSR count). The first-order valence-corrected chi connectivity index (χ1v) is 9.43. The molecule has 1 aromatic carbocycles. The van der Waals surface area contributed by atoms with Gasteiger partial charge in [0.1, 0.15) is 5.76 Å². The molecule has 0 spiro atoms. The predicted octanol–water partition coefficient (Wildman–Crippen LogP) is 3.68. The zero-order chi connectivity index (χ0) is 21.1. The van der Waals surface area contributed by atoms with Crippen LogP contribution in [-0.2, 0) is 17.8 Å². The Labute approximate surface area is 169 Å². The van der Waals surface area contributed by atoms with Crippen molar-refractivity contribution in [3.05, 3.63) is 70.4 Å². The highest BCUT2D eigenvalue weighted by molar-refractivity contribution is 5.94. The van der Waals surface area contributed by atoms with E-state index in [9.17, 15) is 9.59 Å². The van der Waals surface area contributed by atoms with Gasteiger partial charge in [-0.25, -0.2) is 4.68 Å². The molecule has 0 aliphatic heterocycles. The molecule has 29 heavy (non-hydrogen) atoms. The summed E-state index contributed by atoms with van der Waals surface area (Å²) in [6, 6.07) is 9.13. The minimum absolute atomic E-state index is 0.0727. The maximum atomic E-state index is 12.7. The number of benzene rings is 1. The topological polar surface area (TPSA) is 88.6 Å². The van der Waals surface area contributed by atoms with Gasteiger partial charge in [-0.3, -0.25) is 9.59 Å². The molecule has 0 saturated heterocycles. The van der Waals surface area contributed by atoms with Gasteiger partial charge in [0.25, 0.3) is 5.91 Å². The fraction of sp³-hybridized carbons (Fsp3) is 0.318. The van der Waals surface area contributed by atoms with Gasteiger partial charge in [-0.1, -0.05) is 0 Å². The number of hydrogen-bond donors (Lipinski definition) is 1. The number of carboxylic acid groups (broad SMARTS) is 1. The Morgan fingerprint density at radius 3 is 2.41 bits per heavy atom. The number of aryl methyl sites for hydroxylation is 2. The van der Waals surface area contributed by atoms with E-state index in [0.717, 1.165) is 34.0 Å². The Morgan fingerprint density at radius 1 is 1.14 bits per heavy atom. The number of hydrogen-bond acceptors (Lipinski definition) is 4. The molecule has 1 amide bonds. The van der Waals surface area contributed by atoms with Gasteiger partial charge in [-0.15, -0.1) is 0 Å². The summed E-state index contributed by atoms with van der Waals surface area (Å²) in [6.45, 7) is 6.16. The zero-order valence-electron chi connectivity index (χ0n) is 17.1. The molecule has 0 fully saturated rings. The molecule has 7 nitrogen and oxygen atoms in total. The normalized spacial score (nSPS) is 10.9. The van der Waals surface area contributed by atoms with Crippen LogP contribution in [0.3, 0.4) is 0 Å². The predicted molar refractivity (Wildman–Crippen MR) is 108 cm³/mol. The Kier molecular flexibility index (Phi) is 5.87. The van der Waals surface area contributed by atoms with Crippen LogP contribution in [0.15, 0.2) is 41.0 Å². The summed E-state index contributed by atoms with van der Waals surface area (Å²) in [5, 5.41) is 13.5. The molecule has 0 aliphatic carbocycles. The van der Waals surface area contributed by atoms with Crippen LogP contribution < -0.4 is 0 Å². The van der Waals surface area contributed by atoms with Crippen molar-refractivity contribution >= 4 is 11.9 Å². The van der Waals surface area contributed by atoms with Crippen LogP contribution in [0.1, 0.15) is 45.1 Å². The number of amides is 1. The van der Waals surface area contributed by atoms with Gasteiger partial charge in [0.15, 0.2) is 0 Å². The van der Waals surface area contributed by atoms with Gasteiger partial charge in [0, 0.05) is 36.8 Å². The van der Waals surface area contributed by atoms with Crippen molar-refractivity contribution in [2.45, 2.75) is 40.2 Å². The lowest BCUT2D eigenvalue weighted by Crippen LogP contribution is -2.26. The molecule has 152 valence electrons. The second-order valence-electron chi connectivity index (χ2n) is 7.17. The summed E-state index contributed by atoms with van der Waals surface area (Å²) in [4.78, 5) is 25.3. The summed E-state index contributed by atoms with van der Waals surface area (Å²) in [6.07, 6.45) is 2.14. The summed E-state index contributed by atoms with van der Waals surface area (Å²) in [5.74, 6) is -0.0926. The molecule has 0 saturated carbocycles. The van der Waals surface area contributed by atoms with Crippen LogP contribution in [0, 0.1) is 20.8 Å². The fourth-order valence-corrected chi connectivity index (χ4v) is 3.39. The number of carboxylic acids is 1. The summed E-state index contributed by atoms with van der Waals surface area (Å²) in [7, 11) is 1.76.